The molecule has 10 rings (SSSR count). The van der Waals surface area contributed by atoms with Gasteiger partial charge in [-0.3, -0.25) is 0 Å². The summed E-state index contributed by atoms with van der Waals surface area (Å²) in [6.45, 7) is 0. The van der Waals surface area contributed by atoms with Crippen molar-refractivity contribution in [1.29, 1.82) is 0 Å². The predicted octanol–water partition coefficient (Wildman–Crippen LogP) is 13.0. The summed E-state index contributed by atoms with van der Waals surface area (Å²) in [6, 6.07) is 72.3. The van der Waals surface area contributed by atoms with Crippen LogP contribution < -0.4 is 0 Å². The van der Waals surface area contributed by atoms with E-state index in [1.54, 1.807) is 0 Å². The summed E-state index contributed by atoms with van der Waals surface area (Å²) in [5, 5.41) is 2.42. The second-order valence-electron chi connectivity index (χ2n) is 13.7. The molecule has 2 aromatic heterocycles. The zero-order chi connectivity index (χ0) is 36.6. The smallest absolute Gasteiger partial charge is 0.164 e. The predicted molar refractivity (Wildman–Crippen MR) is 227 cm³/mol. The molecule has 0 saturated carbocycles. The fraction of sp³-hybridized carbons (Fsp3) is 0. The number of hydrogen-bond acceptors (Lipinski definition) is 3. The Morgan fingerprint density at radius 2 is 0.709 bits per heavy atom. The number of fused-ring (bicyclic) bond motifs is 3. The van der Waals surface area contributed by atoms with Crippen molar-refractivity contribution in [3.8, 4) is 73.2 Å². The Kier molecular flexibility index (Phi) is 8.12. The Hall–Kier alpha value is -7.43. The van der Waals surface area contributed by atoms with E-state index >= 15 is 0 Å². The van der Waals surface area contributed by atoms with Gasteiger partial charge in [-0.05, 0) is 75.8 Å². The molecule has 0 fully saturated rings. The van der Waals surface area contributed by atoms with E-state index in [4.69, 9.17) is 15.0 Å². The summed E-state index contributed by atoms with van der Waals surface area (Å²) in [5.74, 6) is 1.86. The third kappa shape index (κ3) is 6.16. The summed E-state index contributed by atoms with van der Waals surface area (Å²) in [4.78, 5) is 15.5. The molecule has 4 nitrogen and oxygen atoms in total. The molecule has 0 unspecified atom stereocenters. The van der Waals surface area contributed by atoms with Crippen LogP contribution in [0.4, 0.5) is 0 Å². The van der Waals surface area contributed by atoms with Gasteiger partial charge in [-0.1, -0.05) is 164 Å². The Morgan fingerprint density at radius 3 is 1.33 bits per heavy atom. The van der Waals surface area contributed by atoms with Gasteiger partial charge in [-0.25, -0.2) is 15.0 Å². The van der Waals surface area contributed by atoms with Crippen LogP contribution in [0.15, 0.2) is 206 Å². The number of para-hydroxylation sites is 1. The molecular formula is C51H34N4. The molecule has 2 heterocycles. The molecular weight excluding hydrogens is 669 g/mol. The molecule has 0 aliphatic rings. The topological polar surface area (TPSA) is 43.6 Å². The van der Waals surface area contributed by atoms with E-state index in [0.717, 1.165) is 55.7 Å². The molecule has 0 bridgehead atoms. The molecule has 0 atom stereocenters. The van der Waals surface area contributed by atoms with E-state index in [1.165, 1.54) is 21.9 Å². The maximum Gasteiger partial charge on any atom is 0.164 e. The van der Waals surface area contributed by atoms with Crippen LogP contribution in [0.2, 0.25) is 0 Å². The van der Waals surface area contributed by atoms with E-state index in [-0.39, 0.29) is 0 Å². The first-order valence-corrected chi connectivity index (χ1v) is 18.5. The minimum Gasteiger partial charge on any atom is -0.309 e. The van der Waals surface area contributed by atoms with E-state index in [9.17, 15) is 0 Å². The van der Waals surface area contributed by atoms with Crippen molar-refractivity contribution in [2.75, 3.05) is 0 Å². The van der Waals surface area contributed by atoms with Crippen LogP contribution in [-0.4, -0.2) is 19.5 Å². The second kappa shape index (κ2) is 13.8. The summed E-state index contributed by atoms with van der Waals surface area (Å²) in [5.41, 5.74) is 12.9. The summed E-state index contributed by atoms with van der Waals surface area (Å²) in [7, 11) is 0. The van der Waals surface area contributed by atoms with Gasteiger partial charge in [0.2, 0.25) is 0 Å². The van der Waals surface area contributed by atoms with Gasteiger partial charge in [0.15, 0.2) is 17.5 Å². The van der Waals surface area contributed by atoms with E-state index in [1.807, 2.05) is 30.3 Å². The van der Waals surface area contributed by atoms with Crippen LogP contribution in [0, 0.1) is 0 Å². The first kappa shape index (κ1) is 32.2. The summed E-state index contributed by atoms with van der Waals surface area (Å²) >= 11 is 0. The quantitative estimate of drug-likeness (QED) is 0.166. The fourth-order valence-corrected chi connectivity index (χ4v) is 7.54. The van der Waals surface area contributed by atoms with Gasteiger partial charge in [0, 0.05) is 33.2 Å². The Labute approximate surface area is 319 Å². The molecule has 8 aromatic carbocycles. The molecule has 0 saturated heterocycles. The number of nitrogens with zero attached hydrogens (tertiary/aromatic N) is 4. The van der Waals surface area contributed by atoms with Crippen molar-refractivity contribution in [2.24, 2.45) is 0 Å². The number of aromatic nitrogens is 4. The van der Waals surface area contributed by atoms with Crippen LogP contribution in [0.1, 0.15) is 0 Å². The first-order valence-electron chi connectivity index (χ1n) is 18.5. The number of hydrogen-bond donors (Lipinski definition) is 0. The van der Waals surface area contributed by atoms with Crippen molar-refractivity contribution < 1.29 is 0 Å². The number of benzene rings is 8. The molecule has 258 valence electrons. The molecule has 0 amide bonds. The Balaban J connectivity index is 1.17. The molecule has 0 aliphatic heterocycles. The van der Waals surface area contributed by atoms with Crippen LogP contribution in [0.3, 0.4) is 0 Å². The van der Waals surface area contributed by atoms with Gasteiger partial charge in [0.25, 0.3) is 0 Å². The highest BCUT2D eigenvalue weighted by molar-refractivity contribution is 6.10. The zero-order valence-electron chi connectivity index (χ0n) is 29.9. The van der Waals surface area contributed by atoms with Gasteiger partial charge < -0.3 is 4.57 Å². The lowest BCUT2D eigenvalue weighted by Crippen LogP contribution is -2.01. The van der Waals surface area contributed by atoms with Gasteiger partial charge >= 0.3 is 0 Å². The second-order valence-corrected chi connectivity index (χ2v) is 13.7. The van der Waals surface area contributed by atoms with Crippen molar-refractivity contribution in [2.45, 2.75) is 0 Å². The highest BCUT2D eigenvalue weighted by atomic mass is 15.0. The maximum atomic E-state index is 5.24. The minimum absolute atomic E-state index is 0.614. The van der Waals surface area contributed by atoms with E-state index < -0.39 is 0 Å². The van der Waals surface area contributed by atoms with Crippen LogP contribution in [-0.2, 0) is 0 Å². The number of rotatable bonds is 7. The molecule has 0 N–H and O–H groups in total. The van der Waals surface area contributed by atoms with Crippen molar-refractivity contribution in [3.05, 3.63) is 206 Å². The molecule has 55 heavy (non-hydrogen) atoms. The average Bonchev–Trinajstić information content (AvgIpc) is 3.61. The lowest BCUT2D eigenvalue weighted by molar-refractivity contribution is 1.07. The summed E-state index contributed by atoms with van der Waals surface area (Å²) < 4.78 is 2.36. The Bertz CT molecular complexity index is 2900. The zero-order valence-corrected chi connectivity index (χ0v) is 29.9. The molecule has 0 aliphatic carbocycles. The highest BCUT2D eigenvalue weighted by Gasteiger charge is 2.17. The third-order valence-corrected chi connectivity index (χ3v) is 10.2. The highest BCUT2D eigenvalue weighted by Crippen LogP contribution is 2.37. The minimum atomic E-state index is 0.614. The van der Waals surface area contributed by atoms with E-state index in [0.29, 0.717) is 17.5 Å². The van der Waals surface area contributed by atoms with Gasteiger partial charge in [-0.2, -0.15) is 0 Å². The molecule has 4 heteroatoms. The monoisotopic (exact) mass is 702 g/mol. The molecule has 0 spiro atoms. The van der Waals surface area contributed by atoms with Crippen molar-refractivity contribution >= 4 is 21.8 Å². The van der Waals surface area contributed by atoms with Gasteiger partial charge in [0.1, 0.15) is 0 Å². The summed E-state index contributed by atoms with van der Waals surface area (Å²) in [6.07, 6.45) is 0. The fourth-order valence-electron chi connectivity index (χ4n) is 7.54. The average molecular weight is 703 g/mol. The third-order valence-electron chi connectivity index (χ3n) is 10.2. The normalized spacial score (nSPS) is 11.3. The standard InChI is InChI=1S/C51H34N4/c1-5-16-35(17-6-1)39-28-29-46-45-26-13-14-27-47(45)55(48(46)34-39)44-25-15-24-40(33-44)50-52-49(38-22-11-4-12-23-38)53-51(54-50)43-31-41(36-18-7-2-8-19-36)30-42(32-43)37-20-9-3-10-21-37/h1-34H. The maximum absolute atomic E-state index is 5.24. The van der Waals surface area contributed by atoms with Crippen LogP contribution >= 0.6 is 0 Å². The van der Waals surface area contributed by atoms with Gasteiger partial charge in [-0.15, -0.1) is 0 Å². The first-order chi connectivity index (χ1) is 27.2. The molecule has 10 aromatic rings. The lowest BCUT2D eigenvalue weighted by Gasteiger charge is -2.13. The lowest BCUT2D eigenvalue weighted by atomic mass is 9.96. The SMILES string of the molecule is c1ccc(-c2cc(-c3ccccc3)cc(-c3nc(-c4ccccc4)nc(-c4cccc(-n5c6ccccc6c6ccc(-c7ccccc7)cc65)c4)n3)c2)cc1. The molecule has 0 radical (unpaired) electrons. The van der Waals surface area contributed by atoms with E-state index in [2.05, 4.69) is 180 Å². The van der Waals surface area contributed by atoms with Crippen molar-refractivity contribution in [3.63, 3.8) is 0 Å². The largest absolute Gasteiger partial charge is 0.309 e. The van der Waals surface area contributed by atoms with Crippen LogP contribution in [0.5, 0.6) is 0 Å². The Morgan fingerprint density at radius 1 is 0.255 bits per heavy atom. The van der Waals surface area contributed by atoms with Crippen LogP contribution in [0.25, 0.3) is 95.0 Å². The van der Waals surface area contributed by atoms with Gasteiger partial charge in [0.05, 0.1) is 11.0 Å². The van der Waals surface area contributed by atoms with Crippen molar-refractivity contribution in [1.82, 2.24) is 19.5 Å².